The average molecular weight is 175 g/mol. The molecule has 0 aromatic carbocycles. The van der Waals surface area contributed by atoms with Gasteiger partial charge in [-0.3, -0.25) is 0 Å². The van der Waals surface area contributed by atoms with Gasteiger partial charge in [0.25, 0.3) is 0 Å². The van der Waals surface area contributed by atoms with Crippen LogP contribution in [0.15, 0.2) is 11.6 Å². The Bertz CT molecular complexity index is 280. The van der Waals surface area contributed by atoms with Gasteiger partial charge in [0.2, 0.25) is 0 Å². The van der Waals surface area contributed by atoms with Crippen molar-refractivity contribution in [3.8, 4) is 6.07 Å². The molecule has 1 heteroatoms. The van der Waals surface area contributed by atoms with Crippen LogP contribution in [0.25, 0.3) is 0 Å². The second-order valence-electron chi connectivity index (χ2n) is 5.33. The molecule has 2 aliphatic rings. The van der Waals surface area contributed by atoms with Gasteiger partial charge in [0, 0.05) is 0 Å². The zero-order chi connectivity index (χ0) is 9.47. The van der Waals surface area contributed by atoms with Gasteiger partial charge in [0.1, 0.15) is 0 Å². The van der Waals surface area contributed by atoms with Gasteiger partial charge in [-0.25, -0.2) is 0 Å². The first-order chi connectivity index (χ1) is 6.09. The predicted octanol–water partition coefficient (Wildman–Crippen LogP) is 3.28. The molecule has 0 amide bonds. The molecule has 2 aliphatic carbocycles. The highest BCUT2D eigenvalue weighted by atomic mass is 14.4. The number of hydrogen-bond acceptors (Lipinski definition) is 1. The van der Waals surface area contributed by atoms with E-state index < -0.39 is 0 Å². The number of nitriles is 1. The van der Waals surface area contributed by atoms with E-state index in [0.29, 0.717) is 11.3 Å². The Labute approximate surface area is 80.4 Å². The third-order valence-electron chi connectivity index (χ3n) is 3.27. The van der Waals surface area contributed by atoms with Crippen LogP contribution in [0, 0.1) is 28.6 Å². The highest BCUT2D eigenvalue weighted by molar-refractivity contribution is 5.18. The summed E-state index contributed by atoms with van der Waals surface area (Å²) in [5.41, 5.74) is 1.93. The Morgan fingerprint density at radius 1 is 1.46 bits per heavy atom. The first-order valence-corrected chi connectivity index (χ1v) is 5.19. The molecule has 2 unspecified atom stereocenters. The van der Waals surface area contributed by atoms with Crippen molar-refractivity contribution < 1.29 is 0 Å². The number of allylic oxidation sites excluding steroid dienone is 2. The summed E-state index contributed by atoms with van der Waals surface area (Å²) in [5, 5.41) is 8.90. The summed E-state index contributed by atoms with van der Waals surface area (Å²) >= 11 is 0. The summed E-state index contributed by atoms with van der Waals surface area (Å²) in [7, 11) is 0. The maximum atomic E-state index is 8.90. The lowest BCUT2D eigenvalue weighted by Gasteiger charge is -2.38. The van der Waals surface area contributed by atoms with Crippen LogP contribution in [0.5, 0.6) is 0 Å². The van der Waals surface area contributed by atoms with E-state index in [1.807, 2.05) is 0 Å². The summed E-state index contributed by atoms with van der Waals surface area (Å²) in [5.74, 6) is 1.09. The molecule has 1 nitrogen and oxygen atoms in total. The molecule has 2 bridgehead atoms. The Morgan fingerprint density at radius 2 is 2.23 bits per heavy atom. The summed E-state index contributed by atoms with van der Waals surface area (Å²) in [4.78, 5) is 0. The molecular formula is C12H17N. The second-order valence-corrected chi connectivity index (χ2v) is 5.33. The Morgan fingerprint density at radius 3 is 2.85 bits per heavy atom. The van der Waals surface area contributed by atoms with Crippen LogP contribution in [0.4, 0.5) is 0 Å². The van der Waals surface area contributed by atoms with Crippen molar-refractivity contribution in [1.29, 1.82) is 5.26 Å². The molecule has 70 valence electrons. The number of nitrogens with zero attached hydrogens (tertiary/aromatic N) is 1. The van der Waals surface area contributed by atoms with Crippen LogP contribution < -0.4 is 0 Å². The summed E-state index contributed by atoms with van der Waals surface area (Å²) in [6.45, 7) is 4.62. The zero-order valence-corrected chi connectivity index (χ0v) is 8.51. The topological polar surface area (TPSA) is 23.8 Å². The zero-order valence-electron chi connectivity index (χ0n) is 8.51. The quantitative estimate of drug-likeness (QED) is 0.518. The molecule has 0 aromatic heterocycles. The van der Waals surface area contributed by atoms with E-state index in [1.165, 1.54) is 12.8 Å². The van der Waals surface area contributed by atoms with Crippen molar-refractivity contribution in [2.45, 2.75) is 39.5 Å². The van der Waals surface area contributed by atoms with Crippen LogP contribution >= 0.6 is 0 Å². The molecule has 0 spiro atoms. The minimum atomic E-state index is 0.307. The van der Waals surface area contributed by atoms with E-state index in [2.05, 4.69) is 26.0 Å². The summed E-state index contributed by atoms with van der Waals surface area (Å²) in [6, 6.07) is 2.42. The van der Waals surface area contributed by atoms with E-state index >= 15 is 0 Å². The largest absolute Gasteiger partial charge is 0.198 e. The fraction of sp³-hybridized carbons (Fsp3) is 0.750. The SMILES string of the molecule is CC1(C)C=C2CC(C#N)CC(C2)C1. The van der Waals surface area contributed by atoms with Crippen LogP contribution in [-0.2, 0) is 0 Å². The predicted molar refractivity (Wildman–Crippen MR) is 52.9 cm³/mol. The molecule has 0 aliphatic heterocycles. The van der Waals surface area contributed by atoms with Gasteiger partial charge in [-0.15, -0.1) is 0 Å². The Balaban J connectivity index is 2.21. The first-order valence-electron chi connectivity index (χ1n) is 5.19. The van der Waals surface area contributed by atoms with Gasteiger partial charge >= 0.3 is 0 Å². The molecule has 1 saturated carbocycles. The fourth-order valence-corrected chi connectivity index (χ4v) is 3.07. The van der Waals surface area contributed by atoms with Crippen molar-refractivity contribution in [3.05, 3.63) is 11.6 Å². The van der Waals surface area contributed by atoms with Crippen LogP contribution in [-0.4, -0.2) is 0 Å². The summed E-state index contributed by atoms with van der Waals surface area (Å²) in [6.07, 6.45) is 7.12. The van der Waals surface area contributed by atoms with Crippen LogP contribution in [0.1, 0.15) is 39.5 Å². The molecule has 2 atom stereocenters. The first kappa shape index (κ1) is 8.81. The average Bonchev–Trinajstić information content (AvgIpc) is 1.99. The van der Waals surface area contributed by atoms with Gasteiger partial charge in [-0.2, -0.15) is 5.26 Å². The lowest BCUT2D eigenvalue weighted by Crippen LogP contribution is -2.27. The van der Waals surface area contributed by atoms with Crippen LogP contribution in [0.2, 0.25) is 0 Å². The molecule has 0 aromatic rings. The van der Waals surface area contributed by atoms with Crippen LogP contribution in [0.3, 0.4) is 0 Å². The second kappa shape index (κ2) is 2.87. The lowest BCUT2D eigenvalue weighted by molar-refractivity contribution is 0.241. The number of fused-ring (bicyclic) bond motifs is 2. The van der Waals surface area contributed by atoms with Crippen molar-refractivity contribution in [1.82, 2.24) is 0 Å². The molecule has 0 saturated heterocycles. The van der Waals surface area contributed by atoms with Gasteiger partial charge in [0.15, 0.2) is 0 Å². The van der Waals surface area contributed by atoms with Crippen molar-refractivity contribution >= 4 is 0 Å². The number of rotatable bonds is 0. The van der Waals surface area contributed by atoms with E-state index in [0.717, 1.165) is 18.8 Å². The van der Waals surface area contributed by atoms with E-state index in [9.17, 15) is 0 Å². The molecule has 0 heterocycles. The van der Waals surface area contributed by atoms with E-state index in [4.69, 9.17) is 5.26 Å². The minimum Gasteiger partial charge on any atom is -0.198 e. The molecule has 2 rings (SSSR count). The summed E-state index contributed by atoms with van der Waals surface area (Å²) < 4.78 is 0. The number of hydrogen-bond donors (Lipinski definition) is 0. The minimum absolute atomic E-state index is 0.307. The van der Waals surface area contributed by atoms with Gasteiger partial charge in [0.05, 0.1) is 12.0 Å². The van der Waals surface area contributed by atoms with Crippen molar-refractivity contribution in [2.24, 2.45) is 17.3 Å². The van der Waals surface area contributed by atoms with Crippen molar-refractivity contribution in [3.63, 3.8) is 0 Å². The van der Waals surface area contributed by atoms with Gasteiger partial charge < -0.3 is 0 Å². The fourth-order valence-electron chi connectivity index (χ4n) is 3.07. The smallest absolute Gasteiger partial charge is 0.0659 e. The third kappa shape index (κ3) is 1.77. The molecule has 13 heavy (non-hydrogen) atoms. The van der Waals surface area contributed by atoms with E-state index in [1.54, 1.807) is 5.57 Å². The van der Waals surface area contributed by atoms with Gasteiger partial charge in [-0.1, -0.05) is 25.5 Å². The standard InChI is InChI=1S/C12H17N/c1-12(2)6-9-3-10(7-12)5-11(4-9)8-13/h6,10-11H,3-5,7H2,1-2H3. The lowest BCUT2D eigenvalue weighted by atomic mass is 9.66. The highest BCUT2D eigenvalue weighted by Crippen LogP contribution is 2.45. The Kier molecular flexibility index (Phi) is 1.95. The molecule has 0 radical (unpaired) electrons. The molecule has 0 N–H and O–H groups in total. The molecule has 1 fully saturated rings. The highest BCUT2D eigenvalue weighted by Gasteiger charge is 2.33. The van der Waals surface area contributed by atoms with E-state index in [-0.39, 0.29) is 0 Å². The normalized spacial score (nSPS) is 36.2. The van der Waals surface area contributed by atoms with Gasteiger partial charge in [-0.05, 0) is 37.0 Å². The third-order valence-corrected chi connectivity index (χ3v) is 3.27. The maximum Gasteiger partial charge on any atom is 0.0659 e. The van der Waals surface area contributed by atoms with Crippen molar-refractivity contribution in [2.75, 3.05) is 0 Å². The Hall–Kier alpha value is -0.770. The maximum absolute atomic E-state index is 8.90. The monoisotopic (exact) mass is 175 g/mol. The molecular weight excluding hydrogens is 158 g/mol.